The van der Waals surface area contributed by atoms with Crippen LogP contribution < -0.4 is 4.74 Å². The number of aromatic nitrogens is 2. The summed E-state index contributed by atoms with van der Waals surface area (Å²) in [4.78, 5) is 0. The molecule has 0 aliphatic rings. The SMILES string of the molecule is Cc1ccc(C)c(OCc2nnc(SC(C)C)o2)c1. The van der Waals surface area contributed by atoms with Crippen LogP contribution in [-0.4, -0.2) is 15.4 Å². The topological polar surface area (TPSA) is 48.2 Å². The van der Waals surface area contributed by atoms with Crippen molar-refractivity contribution < 1.29 is 9.15 Å². The maximum absolute atomic E-state index is 5.72. The number of ether oxygens (including phenoxy) is 1. The molecule has 0 spiro atoms. The molecule has 19 heavy (non-hydrogen) atoms. The first kappa shape index (κ1) is 13.9. The van der Waals surface area contributed by atoms with Crippen molar-refractivity contribution in [2.75, 3.05) is 0 Å². The molecule has 0 fully saturated rings. The summed E-state index contributed by atoms with van der Waals surface area (Å²) in [7, 11) is 0. The highest BCUT2D eigenvalue weighted by Gasteiger charge is 2.09. The first-order valence-corrected chi connectivity index (χ1v) is 7.11. The lowest BCUT2D eigenvalue weighted by molar-refractivity contribution is 0.250. The Hall–Kier alpha value is -1.49. The molecule has 5 heteroatoms. The summed E-state index contributed by atoms with van der Waals surface area (Å²) in [6, 6.07) is 6.11. The molecule has 0 unspecified atom stereocenters. The minimum Gasteiger partial charge on any atom is -0.484 e. The number of hydrogen-bond donors (Lipinski definition) is 0. The molecular weight excluding hydrogens is 260 g/mol. The van der Waals surface area contributed by atoms with E-state index >= 15 is 0 Å². The third-order valence-electron chi connectivity index (χ3n) is 2.48. The Labute approximate surface area is 117 Å². The standard InChI is InChI=1S/C14H18N2O2S/c1-9(2)19-14-16-15-13(18-14)8-17-12-7-10(3)5-6-11(12)4/h5-7,9H,8H2,1-4H3. The molecule has 2 rings (SSSR count). The molecule has 0 saturated carbocycles. The van der Waals surface area contributed by atoms with E-state index in [1.54, 1.807) is 11.8 Å². The van der Waals surface area contributed by atoms with E-state index in [2.05, 4.69) is 30.1 Å². The fourth-order valence-electron chi connectivity index (χ4n) is 1.55. The molecule has 0 N–H and O–H groups in total. The Kier molecular flexibility index (Phi) is 4.47. The van der Waals surface area contributed by atoms with Crippen molar-refractivity contribution in [3.8, 4) is 5.75 Å². The van der Waals surface area contributed by atoms with Crippen molar-refractivity contribution >= 4 is 11.8 Å². The molecule has 0 aliphatic heterocycles. The van der Waals surface area contributed by atoms with Crippen LogP contribution in [0.1, 0.15) is 30.9 Å². The van der Waals surface area contributed by atoms with Crippen molar-refractivity contribution in [2.45, 2.75) is 44.8 Å². The van der Waals surface area contributed by atoms with Crippen LogP contribution in [0.5, 0.6) is 5.75 Å². The number of rotatable bonds is 5. The van der Waals surface area contributed by atoms with E-state index in [1.165, 1.54) is 5.56 Å². The highest BCUT2D eigenvalue weighted by Crippen LogP contribution is 2.23. The lowest BCUT2D eigenvalue weighted by Crippen LogP contribution is -1.97. The fraction of sp³-hybridized carbons (Fsp3) is 0.429. The van der Waals surface area contributed by atoms with Crippen LogP contribution in [-0.2, 0) is 6.61 Å². The van der Waals surface area contributed by atoms with Gasteiger partial charge in [0, 0.05) is 5.25 Å². The molecule has 0 bridgehead atoms. The molecule has 1 aromatic heterocycles. The third kappa shape index (κ3) is 3.99. The molecule has 0 aliphatic carbocycles. The highest BCUT2D eigenvalue weighted by atomic mass is 32.2. The molecule has 0 amide bonds. The molecule has 102 valence electrons. The number of aryl methyl sites for hydroxylation is 2. The van der Waals surface area contributed by atoms with Crippen LogP contribution in [0.15, 0.2) is 27.8 Å². The quantitative estimate of drug-likeness (QED) is 0.779. The molecule has 0 atom stereocenters. The van der Waals surface area contributed by atoms with Gasteiger partial charge >= 0.3 is 0 Å². The average molecular weight is 278 g/mol. The van der Waals surface area contributed by atoms with Gasteiger partial charge in [-0.1, -0.05) is 37.7 Å². The van der Waals surface area contributed by atoms with Crippen LogP contribution in [0.25, 0.3) is 0 Å². The van der Waals surface area contributed by atoms with Gasteiger partial charge in [-0.2, -0.15) is 0 Å². The van der Waals surface area contributed by atoms with Gasteiger partial charge in [-0.05, 0) is 31.0 Å². The van der Waals surface area contributed by atoms with E-state index in [-0.39, 0.29) is 0 Å². The van der Waals surface area contributed by atoms with Gasteiger partial charge in [-0.25, -0.2) is 0 Å². The van der Waals surface area contributed by atoms with Gasteiger partial charge in [0.2, 0.25) is 0 Å². The minimum absolute atomic E-state index is 0.302. The monoisotopic (exact) mass is 278 g/mol. The number of benzene rings is 1. The molecule has 0 saturated heterocycles. The Morgan fingerprint density at radius 2 is 2.05 bits per heavy atom. The van der Waals surface area contributed by atoms with Crippen molar-refractivity contribution in [3.63, 3.8) is 0 Å². The summed E-state index contributed by atoms with van der Waals surface area (Å²) in [5.41, 5.74) is 2.27. The van der Waals surface area contributed by atoms with Gasteiger partial charge in [0.25, 0.3) is 11.1 Å². The second-order valence-corrected chi connectivity index (χ2v) is 6.21. The van der Waals surface area contributed by atoms with Gasteiger partial charge < -0.3 is 9.15 Å². The molecule has 0 radical (unpaired) electrons. The van der Waals surface area contributed by atoms with E-state index in [0.717, 1.165) is 11.3 Å². The normalized spacial score (nSPS) is 11.0. The van der Waals surface area contributed by atoms with Crippen molar-refractivity contribution in [3.05, 3.63) is 35.2 Å². The summed E-state index contributed by atoms with van der Waals surface area (Å²) in [5, 5.41) is 8.97. The molecule has 4 nitrogen and oxygen atoms in total. The van der Waals surface area contributed by atoms with Gasteiger partial charge in [-0.3, -0.25) is 0 Å². The zero-order valence-electron chi connectivity index (χ0n) is 11.6. The van der Waals surface area contributed by atoms with E-state index in [1.807, 2.05) is 26.0 Å². The van der Waals surface area contributed by atoms with E-state index in [0.29, 0.717) is 23.0 Å². The Morgan fingerprint density at radius 1 is 1.26 bits per heavy atom. The van der Waals surface area contributed by atoms with Crippen LogP contribution in [0.4, 0.5) is 0 Å². The summed E-state index contributed by atoms with van der Waals surface area (Å²) in [5.74, 6) is 1.36. The minimum atomic E-state index is 0.302. The lowest BCUT2D eigenvalue weighted by atomic mass is 10.1. The maximum atomic E-state index is 5.72. The van der Waals surface area contributed by atoms with Gasteiger partial charge in [0.1, 0.15) is 5.75 Å². The van der Waals surface area contributed by atoms with Crippen LogP contribution in [0.2, 0.25) is 0 Å². The molecule has 2 aromatic rings. The van der Waals surface area contributed by atoms with Gasteiger partial charge in [0.15, 0.2) is 6.61 Å². The third-order valence-corrected chi connectivity index (χ3v) is 3.32. The van der Waals surface area contributed by atoms with Crippen molar-refractivity contribution in [1.29, 1.82) is 0 Å². The molecule has 1 heterocycles. The van der Waals surface area contributed by atoms with Gasteiger partial charge in [0.05, 0.1) is 0 Å². The predicted molar refractivity (Wildman–Crippen MR) is 75.5 cm³/mol. The molecular formula is C14H18N2O2S. The Morgan fingerprint density at radius 3 is 2.79 bits per heavy atom. The summed E-state index contributed by atoms with van der Waals surface area (Å²) >= 11 is 1.55. The van der Waals surface area contributed by atoms with E-state index in [4.69, 9.17) is 9.15 Å². The molecule has 1 aromatic carbocycles. The van der Waals surface area contributed by atoms with Crippen molar-refractivity contribution in [2.24, 2.45) is 0 Å². The maximum Gasteiger partial charge on any atom is 0.276 e. The zero-order chi connectivity index (χ0) is 13.8. The van der Waals surface area contributed by atoms with E-state index in [9.17, 15) is 0 Å². The smallest absolute Gasteiger partial charge is 0.276 e. The predicted octanol–water partition coefficient (Wildman–Crippen LogP) is 3.77. The largest absolute Gasteiger partial charge is 0.484 e. The van der Waals surface area contributed by atoms with Crippen LogP contribution in [0, 0.1) is 13.8 Å². The van der Waals surface area contributed by atoms with Gasteiger partial charge in [-0.15, -0.1) is 10.2 Å². The van der Waals surface area contributed by atoms with Crippen LogP contribution >= 0.6 is 11.8 Å². The first-order chi connectivity index (χ1) is 9.04. The fourth-order valence-corrected chi connectivity index (χ4v) is 2.18. The van der Waals surface area contributed by atoms with Crippen LogP contribution in [0.3, 0.4) is 0 Å². The second kappa shape index (κ2) is 6.10. The second-order valence-electron chi connectivity index (χ2n) is 4.69. The highest BCUT2D eigenvalue weighted by molar-refractivity contribution is 7.99. The zero-order valence-corrected chi connectivity index (χ0v) is 12.5. The Bertz CT molecular complexity index is 552. The average Bonchev–Trinajstić information content (AvgIpc) is 2.77. The summed E-state index contributed by atoms with van der Waals surface area (Å²) in [6.45, 7) is 8.53. The lowest BCUT2D eigenvalue weighted by Gasteiger charge is -2.07. The summed E-state index contributed by atoms with van der Waals surface area (Å²) in [6.07, 6.45) is 0. The first-order valence-electron chi connectivity index (χ1n) is 6.23. The number of thioether (sulfide) groups is 1. The van der Waals surface area contributed by atoms with Crippen molar-refractivity contribution in [1.82, 2.24) is 10.2 Å². The number of nitrogens with zero attached hydrogens (tertiary/aromatic N) is 2. The van der Waals surface area contributed by atoms with E-state index < -0.39 is 0 Å². The number of hydrogen-bond acceptors (Lipinski definition) is 5. The Balaban J connectivity index is 1.98. The summed E-state index contributed by atoms with van der Waals surface area (Å²) < 4.78 is 11.2.